The number of hydrogen-bond donors (Lipinski definition) is 0. The largest absolute Gasteiger partial charge is 0.204 e. The minimum absolute atomic E-state index is 0.263. The average Bonchev–Trinajstić information content (AvgIpc) is 2.14. The molecule has 4 heteroatoms. The lowest BCUT2D eigenvalue weighted by molar-refractivity contribution is 0.447. The lowest BCUT2D eigenvalue weighted by atomic mass is 10.1. The van der Waals surface area contributed by atoms with Crippen LogP contribution in [0.15, 0.2) is 17.7 Å². The lowest BCUT2D eigenvalue weighted by Crippen LogP contribution is -1.91. The minimum Gasteiger partial charge on any atom is -0.204 e. The summed E-state index contributed by atoms with van der Waals surface area (Å²) in [5.41, 5.74) is 1.01. The molecular formula is C10H8ClF3. The van der Waals surface area contributed by atoms with Crippen LogP contribution in [0.2, 0.25) is 0 Å². The van der Waals surface area contributed by atoms with Gasteiger partial charge in [-0.05, 0) is 24.6 Å². The normalized spacial score (nSPS) is 11.9. The molecule has 0 saturated carbocycles. The van der Waals surface area contributed by atoms with Crippen LogP contribution in [-0.2, 0) is 0 Å². The second kappa shape index (κ2) is 4.51. The number of hydrogen-bond acceptors (Lipinski definition) is 0. The van der Waals surface area contributed by atoms with Gasteiger partial charge in [-0.15, -0.1) is 11.6 Å². The van der Waals surface area contributed by atoms with Crippen LogP contribution in [-0.4, -0.2) is 5.88 Å². The van der Waals surface area contributed by atoms with E-state index in [1.54, 1.807) is 6.92 Å². The molecule has 0 bridgehead atoms. The molecule has 0 aromatic heterocycles. The van der Waals surface area contributed by atoms with Gasteiger partial charge in [0.1, 0.15) is 0 Å². The summed E-state index contributed by atoms with van der Waals surface area (Å²) in [5, 5.41) is 0. The molecule has 0 radical (unpaired) electrons. The third-order valence-electron chi connectivity index (χ3n) is 1.63. The first-order valence-electron chi connectivity index (χ1n) is 3.92. The molecule has 0 heterocycles. The van der Waals surface area contributed by atoms with Gasteiger partial charge in [-0.3, -0.25) is 0 Å². The van der Waals surface area contributed by atoms with E-state index in [1.807, 2.05) is 0 Å². The fourth-order valence-electron chi connectivity index (χ4n) is 0.982. The maximum absolute atomic E-state index is 12.7. The Labute approximate surface area is 85.0 Å². The highest BCUT2D eigenvalue weighted by molar-refractivity contribution is 6.19. The molecule has 0 aliphatic carbocycles. The second-order valence-electron chi connectivity index (χ2n) is 2.92. The van der Waals surface area contributed by atoms with E-state index in [0.29, 0.717) is 0 Å². The molecule has 1 aromatic rings. The molecule has 76 valence electrons. The van der Waals surface area contributed by atoms with Gasteiger partial charge in [0.05, 0.1) is 0 Å². The van der Waals surface area contributed by atoms with Crippen molar-refractivity contribution in [2.75, 3.05) is 5.88 Å². The topological polar surface area (TPSA) is 0 Å². The van der Waals surface area contributed by atoms with Crippen molar-refractivity contribution >= 4 is 17.7 Å². The van der Waals surface area contributed by atoms with Crippen LogP contribution in [0.3, 0.4) is 0 Å². The molecule has 0 N–H and O–H groups in total. The number of halogens is 4. The molecule has 0 fully saturated rings. The van der Waals surface area contributed by atoms with Crippen LogP contribution < -0.4 is 0 Å². The van der Waals surface area contributed by atoms with Crippen LogP contribution in [0.1, 0.15) is 12.5 Å². The van der Waals surface area contributed by atoms with Crippen molar-refractivity contribution < 1.29 is 13.2 Å². The Morgan fingerprint density at radius 2 is 1.79 bits per heavy atom. The molecule has 1 aromatic carbocycles. The van der Waals surface area contributed by atoms with E-state index in [1.165, 1.54) is 6.08 Å². The first-order valence-corrected chi connectivity index (χ1v) is 4.45. The van der Waals surface area contributed by atoms with Gasteiger partial charge in [-0.2, -0.15) is 0 Å². The van der Waals surface area contributed by atoms with E-state index >= 15 is 0 Å². The van der Waals surface area contributed by atoms with Gasteiger partial charge >= 0.3 is 0 Å². The van der Waals surface area contributed by atoms with E-state index < -0.39 is 17.5 Å². The van der Waals surface area contributed by atoms with Crippen molar-refractivity contribution in [3.63, 3.8) is 0 Å². The summed E-state index contributed by atoms with van der Waals surface area (Å²) in [5.74, 6) is -3.58. The van der Waals surface area contributed by atoms with Gasteiger partial charge in [0, 0.05) is 5.88 Å². The Hall–Kier alpha value is -0.960. The van der Waals surface area contributed by atoms with Crippen LogP contribution in [0.5, 0.6) is 0 Å². The second-order valence-corrected chi connectivity index (χ2v) is 3.19. The standard InChI is InChI=1S/C10H8ClF3/c1-6(5-11)2-7-3-8(12)10(14)9(13)4-7/h2-4H,5H2,1H3/b6-2-. The highest BCUT2D eigenvalue weighted by Crippen LogP contribution is 2.16. The molecular weight excluding hydrogens is 213 g/mol. The summed E-state index contributed by atoms with van der Waals surface area (Å²) >= 11 is 5.48. The zero-order valence-corrected chi connectivity index (χ0v) is 8.21. The summed E-state index contributed by atoms with van der Waals surface area (Å²) in [6.07, 6.45) is 1.50. The lowest BCUT2D eigenvalue weighted by Gasteiger charge is -1.99. The predicted octanol–water partition coefficient (Wildman–Crippen LogP) is 3.75. The molecule has 0 spiro atoms. The maximum Gasteiger partial charge on any atom is 0.194 e. The molecule has 0 aliphatic heterocycles. The fourth-order valence-corrected chi connectivity index (χ4v) is 1.06. The van der Waals surface area contributed by atoms with E-state index in [4.69, 9.17) is 11.6 Å². The van der Waals surface area contributed by atoms with Crippen LogP contribution in [0.25, 0.3) is 6.08 Å². The average molecular weight is 221 g/mol. The van der Waals surface area contributed by atoms with Crippen molar-refractivity contribution in [1.82, 2.24) is 0 Å². The minimum atomic E-state index is -1.45. The van der Waals surface area contributed by atoms with Crippen molar-refractivity contribution in [2.45, 2.75) is 6.92 Å². The number of benzene rings is 1. The molecule has 0 saturated heterocycles. The third kappa shape index (κ3) is 2.51. The van der Waals surface area contributed by atoms with Gasteiger partial charge in [0.15, 0.2) is 17.5 Å². The Morgan fingerprint density at radius 3 is 2.21 bits per heavy atom. The number of rotatable bonds is 2. The summed E-state index contributed by atoms with van der Waals surface area (Å²) in [6.45, 7) is 1.71. The molecule has 14 heavy (non-hydrogen) atoms. The monoisotopic (exact) mass is 220 g/mol. The SMILES string of the molecule is C/C(=C/c1cc(F)c(F)c(F)c1)CCl. The first kappa shape index (κ1) is 11.1. The zero-order valence-electron chi connectivity index (χ0n) is 7.45. The highest BCUT2D eigenvalue weighted by Gasteiger charge is 2.09. The van der Waals surface area contributed by atoms with Crippen molar-refractivity contribution in [3.8, 4) is 0 Å². The van der Waals surface area contributed by atoms with E-state index in [-0.39, 0.29) is 11.4 Å². The predicted molar refractivity (Wildman–Crippen MR) is 50.7 cm³/mol. The van der Waals surface area contributed by atoms with Crippen molar-refractivity contribution in [3.05, 3.63) is 40.7 Å². The molecule has 0 atom stereocenters. The summed E-state index contributed by atoms with van der Waals surface area (Å²) < 4.78 is 38.0. The molecule has 0 aliphatic rings. The van der Waals surface area contributed by atoms with Gasteiger partial charge in [0.2, 0.25) is 0 Å². The van der Waals surface area contributed by atoms with Gasteiger partial charge in [-0.1, -0.05) is 11.6 Å². The Morgan fingerprint density at radius 1 is 1.29 bits per heavy atom. The fraction of sp³-hybridized carbons (Fsp3) is 0.200. The van der Waals surface area contributed by atoms with E-state index in [2.05, 4.69) is 0 Å². The third-order valence-corrected chi connectivity index (χ3v) is 2.05. The van der Waals surface area contributed by atoms with E-state index in [9.17, 15) is 13.2 Å². The summed E-state index contributed by atoms with van der Waals surface area (Å²) in [4.78, 5) is 0. The van der Waals surface area contributed by atoms with Crippen molar-refractivity contribution in [2.24, 2.45) is 0 Å². The summed E-state index contributed by atoms with van der Waals surface area (Å²) in [7, 11) is 0. The molecule has 0 amide bonds. The summed E-state index contributed by atoms with van der Waals surface area (Å²) in [6, 6.07) is 1.85. The van der Waals surface area contributed by atoms with Gasteiger partial charge in [0.25, 0.3) is 0 Å². The Kier molecular flexibility index (Phi) is 3.58. The van der Waals surface area contributed by atoms with Crippen LogP contribution in [0, 0.1) is 17.5 Å². The highest BCUT2D eigenvalue weighted by atomic mass is 35.5. The molecule has 1 rings (SSSR count). The molecule has 0 nitrogen and oxygen atoms in total. The van der Waals surface area contributed by atoms with Gasteiger partial charge < -0.3 is 0 Å². The Bertz CT molecular complexity index is 349. The maximum atomic E-state index is 12.7. The number of allylic oxidation sites excluding steroid dienone is 1. The zero-order chi connectivity index (χ0) is 10.7. The van der Waals surface area contributed by atoms with Crippen molar-refractivity contribution in [1.29, 1.82) is 0 Å². The quantitative estimate of drug-likeness (QED) is 0.526. The van der Waals surface area contributed by atoms with Crippen LogP contribution >= 0.6 is 11.6 Å². The van der Waals surface area contributed by atoms with Gasteiger partial charge in [-0.25, -0.2) is 13.2 Å². The van der Waals surface area contributed by atoms with Crippen LogP contribution in [0.4, 0.5) is 13.2 Å². The van der Waals surface area contributed by atoms with E-state index in [0.717, 1.165) is 17.7 Å². The number of alkyl halides is 1. The molecule has 0 unspecified atom stereocenters. The first-order chi connectivity index (χ1) is 6.54. The smallest absolute Gasteiger partial charge is 0.194 e. The Balaban J connectivity index is 3.13.